The molecule has 1 saturated heterocycles. The molecule has 6 nitrogen and oxygen atoms in total. The summed E-state index contributed by atoms with van der Waals surface area (Å²) >= 11 is 14.1. The fourth-order valence-corrected chi connectivity index (χ4v) is 5.02. The number of rotatable bonds is 11. The Morgan fingerprint density at radius 1 is 1.22 bits per heavy atom. The van der Waals surface area contributed by atoms with Gasteiger partial charge in [-0.25, -0.2) is 0 Å². The number of aldehydes is 1. The molecular weight excluding hydrogens is 517 g/mol. The molecule has 1 aliphatic rings. The number of hydrogen-bond donors (Lipinski definition) is 2. The molecule has 1 amide bonds. The van der Waals surface area contributed by atoms with Crippen LogP contribution in [0.15, 0.2) is 41.4 Å². The summed E-state index contributed by atoms with van der Waals surface area (Å²) in [5.41, 5.74) is 2.40. The van der Waals surface area contributed by atoms with E-state index in [2.05, 4.69) is 15.5 Å². The van der Waals surface area contributed by atoms with Crippen LogP contribution in [0.2, 0.25) is 10.0 Å². The highest BCUT2D eigenvalue weighted by molar-refractivity contribution is 7.98. The highest BCUT2D eigenvalue weighted by Gasteiger charge is 2.22. The second-order valence-electron chi connectivity index (χ2n) is 8.67. The van der Waals surface area contributed by atoms with E-state index >= 15 is 0 Å². The third kappa shape index (κ3) is 7.42. The molecule has 9 heteroatoms. The first-order valence-electron chi connectivity index (χ1n) is 12.0. The molecule has 0 bridgehead atoms. The standard InChI is InChI=1S/C27H33Cl2N3O3S/c1-18-24(28)7-8-25(26(18)29)35-20-9-13-32(14-10-20)12-4-11-31-27(34)23(16-30-2)22-15-21(36-3)6-5-19(22)17-33/h5-8,15-17,20,30H,4,9-14H2,1-3H3,(H,31,34)/b23-16+. The first kappa shape index (κ1) is 28.4. The van der Waals surface area contributed by atoms with Crippen LogP contribution in [0.5, 0.6) is 5.75 Å². The van der Waals surface area contributed by atoms with Gasteiger partial charge in [0.05, 0.1) is 10.6 Å². The van der Waals surface area contributed by atoms with Gasteiger partial charge in [0.2, 0.25) is 0 Å². The molecule has 0 aliphatic carbocycles. The van der Waals surface area contributed by atoms with E-state index in [4.69, 9.17) is 27.9 Å². The van der Waals surface area contributed by atoms with Crippen LogP contribution in [-0.2, 0) is 4.79 Å². The largest absolute Gasteiger partial charge is 0.489 e. The summed E-state index contributed by atoms with van der Waals surface area (Å²) in [5, 5.41) is 7.15. The summed E-state index contributed by atoms with van der Waals surface area (Å²) in [6.07, 6.45) is 7.17. The lowest BCUT2D eigenvalue weighted by Gasteiger charge is -2.32. The van der Waals surface area contributed by atoms with Gasteiger partial charge in [-0.2, -0.15) is 0 Å². The van der Waals surface area contributed by atoms with E-state index in [1.54, 1.807) is 31.1 Å². The van der Waals surface area contributed by atoms with Crippen LogP contribution in [0, 0.1) is 6.92 Å². The number of hydrogen-bond acceptors (Lipinski definition) is 6. The normalized spacial score (nSPS) is 15.0. The third-order valence-corrected chi connectivity index (χ3v) is 7.87. The SMILES string of the molecule is CN/C=C(/C(=O)NCCCN1CCC(Oc2ccc(Cl)c(C)c2Cl)CC1)c1cc(SC)ccc1C=O. The maximum Gasteiger partial charge on any atom is 0.253 e. The van der Waals surface area contributed by atoms with Crippen molar-refractivity contribution in [1.29, 1.82) is 0 Å². The number of piperidine rings is 1. The number of amides is 1. The number of likely N-dealkylation sites (tertiary alicyclic amines) is 1. The Kier molecular flexibility index (Phi) is 11.0. The van der Waals surface area contributed by atoms with Crippen LogP contribution >= 0.6 is 35.0 Å². The molecule has 0 aromatic heterocycles. The number of thioether (sulfide) groups is 1. The van der Waals surface area contributed by atoms with Gasteiger partial charge in [-0.3, -0.25) is 9.59 Å². The molecular formula is C27H33Cl2N3O3S. The van der Waals surface area contributed by atoms with E-state index < -0.39 is 0 Å². The molecule has 0 unspecified atom stereocenters. The van der Waals surface area contributed by atoms with Crippen molar-refractivity contribution in [2.24, 2.45) is 0 Å². The molecule has 3 rings (SSSR count). The molecule has 0 atom stereocenters. The van der Waals surface area contributed by atoms with Crippen molar-refractivity contribution in [2.75, 3.05) is 39.5 Å². The van der Waals surface area contributed by atoms with E-state index in [0.29, 0.717) is 39.0 Å². The predicted octanol–water partition coefficient (Wildman–Crippen LogP) is 5.45. The fraction of sp³-hybridized carbons (Fsp3) is 0.407. The zero-order valence-corrected chi connectivity index (χ0v) is 23.2. The van der Waals surface area contributed by atoms with Crippen molar-refractivity contribution in [3.8, 4) is 5.75 Å². The Bertz CT molecular complexity index is 1100. The minimum atomic E-state index is -0.201. The van der Waals surface area contributed by atoms with Crippen LogP contribution in [0.25, 0.3) is 5.57 Å². The Morgan fingerprint density at radius 2 is 1.97 bits per heavy atom. The fourth-order valence-electron chi connectivity index (χ4n) is 4.17. The van der Waals surface area contributed by atoms with Crippen LogP contribution < -0.4 is 15.4 Å². The maximum atomic E-state index is 13.0. The Morgan fingerprint density at radius 3 is 2.64 bits per heavy atom. The predicted molar refractivity (Wildman–Crippen MR) is 150 cm³/mol. The third-order valence-electron chi connectivity index (χ3n) is 6.26. The van der Waals surface area contributed by atoms with Crippen LogP contribution in [0.3, 0.4) is 0 Å². The smallest absolute Gasteiger partial charge is 0.253 e. The molecule has 0 radical (unpaired) electrons. The zero-order valence-electron chi connectivity index (χ0n) is 20.9. The lowest BCUT2D eigenvalue weighted by molar-refractivity contribution is -0.115. The quantitative estimate of drug-likeness (QED) is 0.168. The van der Waals surface area contributed by atoms with Crippen LogP contribution in [0.4, 0.5) is 0 Å². The Labute approximate surface area is 227 Å². The molecule has 0 saturated carbocycles. The zero-order chi connectivity index (χ0) is 26.1. The van der Waals surface area contributed by atoms with Crippen molar-refractivity contribution in [3.63, 3.8) is 0 Å². The summed E-state index contributed by atoms with van der Waals surface area (Å²) < 4.78 is 6.14. The molecule has 194 valence electrons. The second-order valence-corrected chi connectivity index (χ2v) is 10.3. The molecule has 0 spiro atoms. The highest BCUT2D eigenvalue weighted by Crippen LogP contribution is 2.34. The van der Waals surface area contributed by atoms with Gasteiger partial charge in [0, 0.05) is 53.9 Å². The van der Waals surface area contributed by atoms with E-state index in [-0.39, 0.29) is 12.0 Å². The number of benzene rings is 2. The van der Waals surface area contributed by atoms with Gasteiger partial charge in [-0.1, -0.05) is 23.2 Å². The topological polar surface area (TPSA) is 70.7 Å². The first-order chi connectivity index (χ1) is 17.4. The lowest BCUT2D eigenvalue weighted by Crippen LogP contribution is -2.39. The molecule has 1 heterocycles. The molecule has 2 aromatic rings. The number of halogens is 2. The number of nitrogens with zero attached hydrogens (tertiary/aromatic N) is 1. The van der Waals surface area contributed by atoms with Crippen LogP contribution in [-0.4, -0.2) is 62.7 Å². The van der Waals surface area contributed by atoms with Crippen molar-refractivity contribution in [2.45, 2.75) is 37.2 Å². The van der Waals surface area contributed by atoms with E-state index in [9.17, 15) is 9.59 Å². The molecule has 1 aliphatic heterocycles. The molecule has 1 fully saturated rings. The molecule has 2 N–H and O–H groups in total. The minimum absolute atomic E-state index is 0.123. The van der Waals surface area contributed by atoms with Crippen molar-refractivity contribution in [1.82, 2.24) is 15.5 Å². The summed E-state index contributed by atoms with van der Waals surface area (Å²) in [7, 11) is 1.74. The Balaban J connectivity index is 1.46. The highest BCUT2D eigenvalue weighted by atomic mass is 35.5. The summed E-state index contributed by atoms with van der Waals surface area (Å²) in [4.78, 5) is 27.9. The van der Waals surface area contributed by atoms with Crippen molar-refractivity contribution < 1.29 is 14.3 Å². The van der Waals surface area contributed by atoms with Gasteiger partial charge in [-0.05, 0) is 74.9 Å². The monoisotopic (exact) mass is 549 g/mol. The number of ether oxygens (including phenoxy) is 1. The molecule has 2 aromatic carbocycles. The van der Waals surface area contributed by atoms with E-state index in [1.165, 1.54) is 0 Å². The van der Waals surface area contributed by atoms with Crippen molar-refractivity contribution >= 4 is 52.7 Å². The van der Waals surface area contributed by atoms with Gasteiger partial charge in [-0.15, -0.1) is 11.8 Å². The van der Waals surface area contributed by atoms with E-state index in [0.717, 1.165) is 55.6 Å². The van der Waals surface area contributed by atoms with Gasteiger partial charge >= 0.3 is 0 Å². The summed E-state index contributed by atoms with van der Waals surface area (Å²) in [5.74, 6) is 0.485. The average Bonchev–Trinajstić information content (AvgIpc) is 2.90. The average molecular weight is 551 g/mol. The van der Waals surface area contributed by atoms with Gasteiger partial charge in [0.25, 0.3) is 5.91 Å². The van der Waals surface area contributed by atoms with Crippen molar-refractivity contribution in [3.05, 3.63) is 63.3 Å². The Hall–Kier alpha value is -2.19. The number of carbonyl (C=O) groups is 2. The maximum absolute atomic E-state index is 13.0. The molecule has 36 heavy (non-hydrogen) atoms. The lowest BCUT2D eigenvalue weighted by atomic mass is 10.0. The van der Waals surface area contributed by atoms with Gasteiger partial charge in [0.15, 0.2) is 6.29 Å². The number of nitrogens with one attached hydrogen (secondary N) is 2. The summed E-state index contributed by atoms with van der Waals surface area (Å²) in [6.45, 7) is 5.18. The second kappa shape index (κ2) is 13.9. The first-order valence-corrected chi connectivity index (χ1v) is 14.0. The van der Waals surface area contributed by atoms with Gasteiger partial charge < -0.3 is 20.3 Å². The summed E-state index contributed by atoms with van der Waals surface area (Å²) in [6, 6.07) is 9.16. The minimum Gasteiger partial charge on any atom is -0.489 e. The number of carbonyl (C=O) groups excluding carboxylic acids is 2. The van der Waals surface area contributed by atoms with Gasteiger partial charge in [0.1, 0.15) is 11.9 Å². The van der Waals surface area contributed by atoms with E-state index in [1.807, 2.05) is 37.4 Å². The van der Waals surface area contributed by atoms with Crippen LogP contribution in [0.1, 0.15) is 40.7 Å².